The van der Waals surface area contributed by atoms with E-state index < -0.39 is 0 Å². The number of carbonyl (C=O) groups is 2. The Hall–Kier alpha value is -1.14. The Labute approximate surface area is 114 Å². The average Bonchev–Trinajstić information content (AvgIpc) is 2.44. The molecule has 1 heterocycles. The van der Waals surface area contributed by atoms with Gasteiger partial charge in [0.25, 0.3) is 0 Å². The smallest absolute Gasteiger partial charge is 0.224 e. The summed E-state index contributed by atoms with van der Waals surface area (Å²) in [6.45, 7) is 3.64. The molecule has 0 saturated carbocycles. The highest BCUT2D eigenvalue weighted by molar-refractivity contribution is 5.79. The van der Waals surface area contributed by atoms with E-state index in [1.54, 1.807) is 4.90 Å². The molecule has 0 radical (unpaired) electrons. The zero-order valence-electron chi connectivity index (χ0n) is 11.5. The number of nitrogens with two attached hydrogens (primary N) is 1. The molecule has 1 fully saturated rings. The van der Waals surface area contributed by atoms with Gasteiger partial charge in [0, 0.05) is 32.5 Å². The maximum atomic E-state index is 11.8. The first-order chi connectivity index (χ1) is 9.24. The van der Waals surface area contributed by atoms with Crippen LogP contribution in [0.4, 0.5) is 0 Å². The summed E-state index contributed by atoms with van der Waals surface area (Å²) in [5.41, 5.74) is 5.38. The lowest BCUT2D eigenvalue weighted by atomic mass is 10.2. The molecule has 0 aromatic rings. The molecule has 3 N–H and O–H groups in total. The van der Waals surface area contributed by atoms with Crippen LogP contribution >= 0.6 is 0 Å². The van der Waals surface area contributed by atoms with Crippen LogP contribution in [0, 0.1) is 0 Å². The van der Waals surface area contributed by atoms with Gasteiger partial charge in [-0.15, -0.1) is 0 Å². The van der Waals surface area contributed by atoms with Crippen LogP contribution in [0.15, 0.2) is 0 Å². The quantitative estimate of drug-likeness (QED) is 0.602. The van der Waals surface area contributed by atoms with Crippen LogP contribution in [0.1, 0.15) is 32.1 Å². The number of amides is 2. The Balaban J connectivity index is 2.02. The zero-order chi connectivity index (χ0) is 13.9. The molecule has 0 unspecified atom stereocenters. The third-order valence-electron chi connectivity index (χ3n) is 3.13. The van der Waals surface area contributed by atoms with E-state index in [1.165, 1.54) is 0 Å². The maximum absolute atomic E-state index is 11.8. The average molecular weight is 271 g/mol. The van der Waals surface area contributed by atoms with Gasteiger partial charge in [-0.05, 0) is 19.4 Å². The molecule has 1 aliphatic rings. The first-order valence-electron chi connectivity index (χ1n) is 7.06. The monoisotopic (exact) mass is 271 g/mol. The number of rotatable bonds is 8. The van der Waals surface area contributed by atoms with Gasteiger partial charge >= 0.3 is 0 Å². The highest BCUT2D eigenvalue weighted by Crippen LogP contribution is 2.00. The maximum Gasteiger partial charge on any atom is 0.224 e. The molecule has 0 atom stereocenters. The van der Waals surface area contributed by atoms with Gasteiger partial charge in [0.2, 0.25) is 11.8 Å². The first-order valence-corrected chi connectivity index (χ1v) is 7.06. The second-order valence-electron chi connectivity index (χ2n) is 4.69. The topological polar surface area (TPSA) is 84.7 Å². The van der Waals surface area contributed by atoms with E-state index in [0.717, 1.165) is 19.3 Å². The summed E-state index contributed by atoms with van der Waals surface area (Å²) in [5, 5.41) is 2.78. The lowest BCUT2D eigenvalue weighted by Crippen LogP contribution is -2.42. The molecular weight excluding hydrogens is 246 g/mol. The van der Waals surface area contributed by atoms with Gasteiger partial charge in [0.05, 0.1) is 13.2 Å². The predicted molar refractivity (Wildman–Crippen MR) is 72.5 cm³/mol. The van der Waals surface area contributed by atoms with E-state index in [-0.39, 0.29) is 11.8 Å². The number of hydrogen-bond acceptors (Lipinski definition) is 4. The van der Waals surface area contributed by atoms with Crippen molar-refractivity contribution in [1.82, 2.24) is 10.2 Å². The second kappa shape index (κ2) is 9.75. The Morgan fingerprint density at radius 3 is 2.53 bits per heavy atom. The minimum atomic E-state index is 0.0202. The van der Waals surface area contributed by atoms with Gasteiger partial charge in [-0.1, -0.05) is 6.42 Å². The third kappa shape index (κ3) is 7.12. The Kier molecular flexibility index (Phi) is 8.16. The van der Waals surface area contributed by atoms with Crippen LogP contribution in [0.25, 0.3) is 0 Å². The van der Waals surface area contributed by atoms with Gasteiger partial charge < -0.3 is 20.7 Å². The van der Waals surface area contributed by atoms with E-state index in [1.807, 2.05) is 0 Å². The fourth-order valence-corrected chi connectivity index (χ4v) is 1.97. The summed E-state index contributed by atoms with van der Waals surface area (Å²) < 4.78 is 5.18. The van der Waals surface area contributed by atoms with E-state index in [9.17, 15) is 9.59 Å². The van der Waals surface area contributed by atoms with E-state index >= 15 is 0 Å². The molecule has 19 heavy (non-hydrogen) atoms. The van der Waals surface area contributed by atoms with Crippen molar-refractivity contribution in [2.45, 2.75) is 32.1 Å². The Bertz CT molecular complexity index is 278. The molecule has 1 rings (SSSR count). The molecule has 2 amide bonds. The van der Waals surface area contributed by atoms with Gasteiger partial charge in [-0.3, -0.25) is 9.59 Å². The van der Waals surface area contributed by atoms with E-state index in [0.29, 0.717) is 52.2 Å². The number of unbranched alkanes of at least 4 members (excludes halogenated alkanes) is 2. The van der Waals surface area contributed by atoms with Crippen molar-refractivity contribution in [2.24, 2.45) is 5.73 Å². The lowest BCUT2D eigenvalue weighted by Gasteiger charge is -2.26. The normalized spacial score (nSPS) is 15.3. The third-order valence-corrected chi connectivity index (χ3v) is 3.13. The lowest BCUT2D eigenvalue weighted by molar-refractivity contribution is -0.135. The second-order valence-corrected chi connectivity index (χ2v) is 4.69. The number of nitrogens with one attached hydrogen (secondary N) is 1. The van der Waals surface area contributed by atoms with Gasteiger partial charge in [-0.2, -0.15) is 0 Å². The van der Waals surface area contributed by atoms with E-state index in [2.05, 4.69) is 5.32 Å². The largest absolute Gasteiger partial charge is 0.378 e. The Morgan fingerprint density at radius 1 is 1.11 bits per heavy atom. The van der Waals surface area contributed by atoms with Crippen molar-refractivity contribution < 1.29 is 14.3 Å². The Morgan fingerprint density at radius 2 is 1.84 bits per heavy atom. The van der Waals surface area contributed by atoms with Crippen molar-refractivity contribution in [3.05, 3.63) is 0 Å². The zero-order valence-corrected chi connectivity index (χ0v) is 11.5. The van der Waals surface area contributed by atoms with Crippen molar-refractivity contribution in [3.8, 4) is 0 Å². The summed E-state index contributed by atoms with van der Waals surface area (Å²) in [6.07, 6.45) is 3.69. The van der Waals surface area contributed by atoms with Crippen LogP contribution in [0.2, 0.25) is 0 Å². The molecule has 1 saturated heterocycles. The molecule has 1 aliphatic heterocycles. The molecule has 6 nitrogen and oxygen atoms in total. The molecule has 110 valence electrons. The van der Waals surface area contributed by atoms with Crippen molar-refractivity contribution in [2.75, 3.05) is 39.4 Å². The SMILES string of the molecule is NCCCCCC(=O)NCCC(=O)N1CCOCC1. The van der Waals surface area contributed by atoms with Gasteiger partial charge in [0.15, 0.2) is 0 Å². The summed E-state index contributed by atoms with van der Waals surface area (Å²) in [4.78, 5) is 25.0. The van der Waals surface area contributed by atoms with Crippen LogP contribution in [-0.2, 0) is 14.3 Å². The van der Waals surface area contributed by atoms with Crippen LogP contribution in [0.3, 0.4) is 0 Å². The molecule has 6 heteroatoms. The van der Waals surface area contributed by atoms with Crippen LogP contribution in [0.5, 0.6) is 0 Å². The molecule has 0 bridgehead atoms. The molecule has 0 aromatic heterocycles. The van der Waals surface area contributed by atoms with E-state index in [4.69, 9.17) is 10.5 Å². The summed E-state index contributed by atoms with van der Waals surface area (Å²) >= 11 is 0. The van der Waals surface area contributed by atoms with Gasteiger partial charge in [0.1, 0.15) is 0 Å². The number of morpholine rings is 1. The minimum Gasteiger partial charge on any atom is -0.378 e. The fraction of sp³-hybridized carbons (Fsp3) is 0.846. The van der Waals surface area contributed by atoms with Crippen molar-refractivity contribution in [1.29, 1.82) is 0 Å². The van der Waals surface area contributed by atoms with Crippen molar-refractivity contribution in [3.63, 3.8) is 0 Å². The van der Waals surface area contributed by atoms with Crippen LogP contribution < -0.4 is 11.1 Å². The first kappa shape index (κ1) is 15.9. The molecule has 0 aromatic carbocycles. The summed E-state index contributed by atoms with van der Waals surface area (Å²) in [7, 11) is 0. The standard InChI is InChI=1S/C13H25N3O3/c14-6-3-1-2-4-12(17)15-7-5-13(18)16-8-10-19-11-9-16/h1-11,14H2,(H,15,17). The highest BCUT2D eigenvalue weighted by Gasteiger charge is 2.16. The predicted octanol–water partition coefficient (Wildman–Crippen LogP) is -0.129. The highest BCUT2D eigenvalue weighted by atomic mass is 16.5. The van der Waals surface area contributed by atoms with Gasteiger partial charge in [-0.25, -0.2) is 0 Å². The van der Waals surface area contributed by atoms with Crippen LogP contribution in [-0.4, -0.2) is 56.1 Å². The molecule has 0 aliphatic carbocycles. The fourth-order valence-electron chi connectivity index (χ4n) is 1.97. The number of hydrogen-bond donors (Lipinski definition) is 2. The summed E-state index contributed by atoms with van der Waals surface area (Å²) in [5.74, 6) is 0.110. The number of ether oxygens (including phenoxy) is 1. The van der Waals surface area contributed by atoms with Crippen molar-refractivity contribution >= 4 is 11.8 Å². The molecule has 0 spiro atoms. The number of nitrogens with zero attached hydrogens (tertiary/aromatic N) is 1. The summed E-state index contributed by atoms with van der Waals surface area (Å²) in [6, 6.07) is 0. The molecular formula is C13H25N3O3. The number of carbonyl (C=O) groups excluding carboxylic acids is 2. The minimum absolute atomic E-state index is 0.0202.